The fourth-order valence-electron chi connectivity index (χ4n) is 1.17. The van der Waals surface area contributed by atoms with E-state index in [2.05, 4.69) is 26.1 Å². The Hall–Kier alpha value is -0.920. The van der Waals surface area contributed by atoms with Crippen LogP contribution in [-0.2, 0) is 4.79 Å². The van der Waals surface area contributed by atoms with Crippen LogP contribution in [0.3, 0.4) is 0 Å². The fraction of sp³-hybridized carbons (Fsp3) is 0.182. The Bertz CT molecular complexity index is 556. The van der Waals surface area contributed by atoms with Gasteiger partial charge in [-0.15, -0.1) is 10.2 Å². The highest BCUT2D eigenvalue weighted by molar-refractivity contribution is 9.10. The molecular weight excluding hydrogens is 336 g/mol. The molecular formula is C11H9BrN2O2S2. The first kappa shape index (κ1) is 13.5. The minimum atomic E-state index is -0.847. The fourth-order valence-corrected chi connectivity index (χ4v) is 3.37. The number of hydrogen-bond acceptors (Lipinski definition) is 5. The van der Waals surface area contributed by atoms with Gasteiger partial charge in [-0.3, -0.25) is 4.79 Å². The maximum absolute atomic E-state index is 10.7. The molecule has 0 spiro atoms. The van der Waals surface area contributed by atoms with Crippen molar-refractivity contribution in [3.63, 3.8) is 0 Å². The van der Waals surface area contributed by atoms with Crippen LogP contribution in [0.4, 0.5) is 0 Å². The van der Waals surface area contributed by atoms with E-state index in [-0.39, 0.29) is 0 Å². The van der Waals surface area contributed by atoms with E-state index in [1.807, 2.05) is 24.3 Å². The summed E-state index contributed by atoms with van der Waals surface area (Å²) in [7, 11) is 0. The minimum absolute atomic E-state index is 0.518. The molecule has 0 aliphatic carbocycles. The van der Waals surface area contributed by atoms with Crippen LogP contribution >= 0.6 is 39.0 Å². The molecule has 0 saturated heterocycles. The van der Waals surface area contributed by atoms with Gasteiger partial charge in [0.15, 0.2) is 4.34 Å². The van der Waals surface area contributed by atoms with Crippen molar-refractivity contribution < 1.29 is 9.90 Å². The largest absolute Gasteiger partial charge is 0.480 e. The highest BCUT2D eigenvalue weighted by atomic mass is 79.9. The summed E-state index contributed by atoms with van der Waals surface area (Å²) >= 11 is 5.98. The lowest BCUT2D eigenvalue weighted by atomic mass is 10.2. The highest BCUT2D eigenvalue weighted by Gasteiger charge is 2.16. The zero-order chi connectivity index (χ0) is 13.1. The standard InChI is InChI=1S/C11H9BrN2O2S2/c1-6(10(15)16)17-11-14-13-9(18-11)7-2-4-8(12)5-3-7/h2-6H,1H3,(H,15,16). The second-order valence-corrected chi connectivity index (χ2v) is 6.96. The van der Waals surface area contributed by atoms with E-state index in [9.17, 15) is 4.79 Å². The van der Waals surface area contributed by atoms with Gasteiger partial charge in [0.1, 0.15) is 10.3 Å². The zero-order valence-electron chi connectivity index (χ0n) is 9.33. The number of carboxylic acid groups (broad SMARTS) is 1. The van der Waals surface area contributed by atoms with E-state index < -0.39 is 11.2 Å². The van der Waals surface area contributed by atoms with Gasteiger partial charge in [-0.05, 0) is 19.1 Å². The summed E-state index contributed by atoms with van der Waals surface area (Å²) in [5.41, 5.74) is 0.977. The number of aliphatic carboxylic acids is 1. The molecule has 0 bridgehead atoms. The molecule has 1 unspecified atom stereocenters. The van der Waals surface area contributed by atoms with Gasteiger partial charge >= 0.3 is 5.97 Å². The number of thioether (sulfide) groups is 1. The first-order valence-corrected chi connectivity index (χ1v) is 7.54. The maximum Gasteiger partial charge on any atom is 0.316 e. The van der Waals surface area contributed by atoms with E-state index in [4.69, 9.17) is 5.11 Å². The number of carboxylic acids is 1. The van der Waals surface area contributed by atoms with Crippen molar-refractivity contribution in [3.8, 4) is 10.6 Å². The molecule has 1 N–H and O–H groups in total. The van der Waals surface area contributed by atoms with Crippen molar-refractivity contribution in [1.82, 2.24) is 10.2 Å². The van der Waals surface area contributed by atoms with Gasteiger partial charge in [0.2, 0.25) is 0 Å². The third-order valence-electron chi connectivity index (χ3n) is 2.12. The predicted octanol–water partition coefficient (Wildman–Crippen LogP) is 3.53. The third-order valence-corrected chi connectivity index (χ3v) is 4.80. The van der Waals surface area contributed by atoms with Crippen molar-refractivity contribution >= 4 is 45.0 Å². The quantitative estimate of drug-likeness (QED) is 0.859. The second-order valence-electron chi connectivity index (χ2n) is 3.48. The van der Waals surface area contributed by atoms with Crippen LogP contribution in [0.15, 0.2) is 33.1 Å². The Morgan fingerprint density at radius 1 is 1.39 bits per heavy atom. The lowest BCUT2D eigenvalue weighted by Crippen LogP contribution is -2.10. The molecule has 4 nitrogen and oxygen atoms in total. The number of rotatable bonds is 4. The van der Waals surface area contributed by atoms with E-state index in [0.29, 0.717) is 4.34 Å². The highest BCUT2D eigenvalue weighted by Crippen LogP contribution is 2.31. The molecule has 0 radical (unpaired) electrons. The Balaban J connectivity index is 2.15. The van der Waals surface area contributed by atoms with Crippen LogP contribution in [0.5, 0.6) is 0 Å². The summed E-state index contributed by atoms with van der Waals surface area (Å²) in [5.74, 6) is -0.847. The SMILES string of the molecule is CC(Sc1nnc(-c2ccc(Br)cc2)s1)C(=O)O. The van der Waals surface area contributed by atoms with Gasteiger partial charge in [-0.25, -0.2) is 0 Å². The molecule has 0 aliphatic heterocycles. The van der Waals surface area contributed by atoms with Gasteiger partial charge in [0.25, 0.3) is 0 Å². The molecule has 0 fully saturated rings. The molecule has 0 amide bonds. The zero-order valence-corrected chi connectivity index (χ0v) is 12.6. The summed E-state index contributed by atoms with van der Waals surface area (Å²) in [6, 6.07) is 7.76. The summed E-state index contributed by atoms with van der Waals surface area (Å²) in [5, 5.41) is 17.2. The number of hydrogen-bond donors (Lipinski definition) is 1. The van der Waals surface area contributed by atoms with Crippen molar-refractivity contribution in [3.05, 3.63) is 28.7 Å². The van der Waals surface area contributed by atoms with E-state index in [1.54, 1.807) is 6.92 Å². The molecule has 1 heterocycles. The first-order valence-electron chi connectivity index (χ1n) is 5.05. The Labute approximate surface area is 121 Å². The van der Waals surface area contributed by atoms with Crippen LogP contribution in [0.25, 0.3) is 10.6 Å². The summed E-state index contributed by atoms with van der Waals surface area (Å²) in [4.78, 5) is 10.7. The monoisotopic (exact) mass is 344 g/mol. The van der Waals surface area contributed by atoms with Gasteiger partial charge in [-0.1, -0.05) is 51.2 Å². The summed E-state index contributed by atoms with van der Waals surface area (Å²) in [6.45, 7) is 1.63. The number of nitrogens with zero attached hydrogens (tertiary/aromatic N) is 2. The molecule has 1 aromatic heterocycles. The Morgan fingerprint density at radius 3 is 2.67 bits per heavy atom. The van der Waals surface area contributed by atoms with Gasteiger partial charge in [0, 0.05) is 10.0 Å². The first-order chi connectivity index (χ1) is 8.56. The smallest absolute Gasteiger partial charge is 0.316 e. The molecule has 2 aromatic rings. The third kappa shape index (κ3) is 3.30. The molecule has 1 atom stereocenters. The van der Waals surface area contributed by atoms with Gasteiger partial charge < -0.3 is 5.11 Å². The van der Waals surface area contributed by atoms with Crippen LogP contribution in [-0.4, -0.2) is 26.5 Å². The van der Waals surface area contributed by atoms with Crippen LogP contribution in [0, 0.1) is 0 Å². The average molecular weight is 345 g/mol. The van der Waals surface area contributed by atoms with E-state index in [0.717, 1.165) is 15.0 Å². The molecule has 94 valence electrons. The molecule has 7 heteroatoms. The molecule has 18 heavy (non-hydrogen) atoms. The summed E-state index contributed by atoms with van der Waals surface area (Å²) in [6.07, 6.45) is 0. The van der Waals surface area contributed by atoms with Crippen molar-refractivity contribution in [1.29, 1.82) is 0 Å². The Morgan fingerprint density at radius 2 is 2.06 bits per heavy atom. The topological polar surface area (TPSA) is 63.1 Å². The van der Waals surface area contributed by atoms with Crippen molar-refractivity contribution in [2.75, 3.05) is 0 Å². The predicted molar refractivity (Wildman–Crippen MR) is 76.0 cm³/mol. The maximum atomic E-state index is 10.7. The van der Waals surface area contributed by atoms with Gasteiger partial charge in [0.05, 0.1) is 0 Å². The Kier molecular flexibility index (Phi) is 4.36. The number of aromatic nitrogens is 2. The second kappa shape index (κ2) is 5.81. The average Bonchev–Trinajstić information content (AvgIpc) is 2.78. The lowest BCUT2D eigenvalue weighted by molar-refractivity contribution is -0.136. The lowest BCUT2D eigenvalue weighted by Gasteiger charge is -2.00. The van der Waals surface area contributed by atoms with Crippen LogP contribution in [0.1, 0.15) is 6.92 Å². The minimum Gasteiger partial charge on any atom is -0.480 e. The molecule has 1 aromatic carbocycles. The van der Waals surface area contributed by atoms with Crippen LogP contribution < -0.4 is 0 Å². The molecule has 0 aliphatic rings. The van der Waals surface area contributed by atoms with Crippen molar-refractivity contribution in [2.24, 2.45) is 0 Å². The summed E-state index contributed by atoms with van der Waals surface area (Å²) < 4.78 is 1.67. The van der Waals surface area contributed by atoms with Gasteiger partial charge in [-0.2, -0.15) is 0 Å². The van der Waals surface area contributed by atoms with E-state index in [1.165, 1.54) is 23.1 Å². The normalized spacial score (nSPS) is 12.3. The number of carbonyl (C=O) groups is 1. The van der Waals surface area contributed by atoms with E-state index >= 15 is 0 Å². The number of halogens is 1. The molecule has 2 rings (SSSR count). The molecule has 0 saturated carbocycles. The number of benzene rings is 1. The van der Waals surface area contributed by atoms with Crippen LogP contribution in [0.2, 0.25) is 0 Å². The van der Waals surface area contributed by atoms with Crippen molar-refractivity contribution in [2.45, 2.75) is 16.5 Å².